The zero-order chi connectivity index (χ0) is 26.7. The van der Waals surface area contributed by atoms with E-state index in [4.69, 9.17) is 14.6 Å². The molecule has 0 radical (unpaired) electrons. The van der Waals surface area contributed by atoms with Crippen LogP contribution in [0.3, 0.4) is 0 Å². The normalized spacial score (nSPS) is 19.3. The molecule has 38 heavy (non-hydrogen) atoms. The van der Waals surface area contributed by atoms with E-state index in [0.29, 0.717) is 23.6 Å². The number of hydrogen-bond donors (Lipinski definition) is 2. The molecule has 1 aromatic heterocycles. The first-order valence-corrected chi connectivity index (χ1v) is 13.5. The minimum atomic E-state index is -0.474. The van der Waals surface area contributed by atoms with E-state index < -0.39 is 5.60 Å². The maximum Gasteiger partial charge on any atom is 0.410 e. The summed E-state index contributed by atoms with van der Waals surface area (Å²) in [6.07, 6.45) is -0.233. The Morgan fingerprint density at radius 2 is 1.95 bits per heavy atom. The number of ether oxygens (including phenoxy) is 1. The molecule has 0 bridgehead atoms. The monoisotopic (exact) mass is 579 g/mol. The van der Waals surface area contributed by atoms with Crippen molar-refractivity contribution in [3.63, 3.8) is 0 Å². The molecule has 198 valence electrons. The van der Waals surface area contributed by atoms with Gasteiger partial charge in [-0.25, -0.2) is 9.79 Å². The Bertz CT molecular complexity index is 1470. The van der Waals surface area contributed by atoms with Gasteiger partial charge in [0.05, 0.1) is 11.3 Å². The van der Waals surface area contributed by atoms with Crippen LogP contribution in [0.5, 0.6) is 5.88 Å². The van der Waals surface area contributed by atoms with Gasteiger partial charge in [-0.3, -0.25) is 4.90 Å². The lowest BCUT2D eigenvalue weighted by molar-refractivity contribution is -0.116. The minimum Gasteiger partial charge on any atom is -0.494 e. The highest BCUT2D eigenvalue weighted by Crippen LogP contribution is 2.40. The van der Waals surface area contributed by atoms with Crippen LogP contribution in [-0.2, 0) is 9.57 Å². The van der Waals surface area contributed by atoms with Crippen LogP contribution < -0.4 is 0 Å². The first-order chi connectivity index (χ1) is 18.1. The number of carbonyl (C=O) groups excluding carboxylic acids is 1. The number of H-pyrrole nitrogens is 1. The first kappa shape index (κ1) is 24.9. The van der Waals surface area contributed by atoms with Crippen LogP contribution in [0.25, 0.3) is 10.9 Å². The highest BCUT2D eigenvalue weighted by molar-refractivity contribution is 9.10. The fourth-order valence-electron chi connectivity index (χ4n) is 5.49. The number of amides is 1. The van der Waals surface area contributed by atoms with Gasteiger partial charge in [0.2, 0.25) is 0 Å². The number of likely N-dealkylation sites (tertiary alicyclic amines) is 2. The lowest BCUT2D eigenvalue weighted by Gasteiger charge is -2.59. The van der Waals surface area contributed by atoms with Crippen molar-refractivity contribution < 1.29 is 19.5 Å². The number of para-hydroxylation sites is 1. The van der Waals surface area contributed by atoms with E-state index in [9.17, 15) is 9.90 Å². The Balaban J connectivity index is 1.09. The molecule has 2 saturated heterocycles. The van der Waals surface area contributed by atoms with Gasteiger partial charge in [0.15, 0.2) is 5.88 Å². The molecule has 2 fully saturated rings. The number of aromatic nitrogens is 1. The number of rotatable bonds is 5. The predicted molar refractivity (Wildman–Crippen MR) is 149 cm³/mol. The maximum absolute atomic E-state index is 12.2. The molecular weight excluding hydrogens is 550 g/mol. The predicted octanol–water partition coefficient (Wildman–Crippen LogP) is 5.04. The van der Waals surface area contributed by atoms with Crippen LogP contribution >= 0.6 is 15.9 Å². The molecule has 3 aromatic rings. The summed E-state index contributed by atoms with van der Waals surface area (Å²) in [5, 5.41) is 16.1. The van der Waals surface area contributed by atoms with E-state index in [1.807, 2.05) is 63.2 Å². The number of aromatic amines is 1. The third-order valence-electron chi connectivity index (χ3n) is 7.07. The lowest BCUT2D eigenvalue weighted by atomic mass is 9.73. The van der Waals surface area contributed by atoms with E-state index in [1.165, 1.54) is 0 Å². The smallest absolute Gasteiger partial charge is 0.410 e. The molecule has 6 rings (SSSR count). The molecule has 4 heterocycles. The van der Waals surface area contributed by atoms with Gasteiger partial charge in [0.25, 0.3) is 0 Å². The molecule has 1 spiro atoms. The van der Waals surface area contributed by atoms with Gasteiger partial charge in [0, 0.05) is 59.1 Å². The molecule has 3 aliphatic heterocycles. The zero-order valence-corrected chi connectivity index (χ0v) is 23.2. The van der Waals surface area contributed by atoms with E-state index in [2.05, 4.69) is 31.0 Å². The number of aromatic hydroxyl groups is 1. The average molecular weight is 580 g/mol. The second-order valence-corrected chi connectivity index (χ2v) is 12.3. The maximum atomic E-state index is 12.2. The molecule has 1 amide bonds. The Kier molecular flexibility index (Phi) is 5.99. The third kappa shape index (κ3) is 4.56. The average Bonchev–Trinajstić information content (AvgIpc) is 3.31. The highest BCUT2D eigenvalue weighted by atomic mass is 79.9. The van der Waals surface area contributed by atoms with E-state index in [-0.39, 0.29) is 17.4 Å². The molecule has 0 atom stereocenters. The topological polar surface area (TPSA) is 103 Å². The number of carbonyl (C=O) groups is 1. The van der Waals surface area contributed by atoms with Crippen LogP contribution in [0.2, 0.25) is 0 Å². The van der Waals surface area contributed by atoms with Crippen molar-refractivity contribution in [1.82, 2.24) is 14.8 Å². The molecule has 2 aromatic carbocycles. The summed E-state index contributed by atoms with van der Waals surface area (Å²) in [5.74, 6) is 0.0455. The van der Waals surface area contributed by atoms with Crippen molar-refractivity contribution >= 4 is 50.0 Å². The lowest BCUT2D eigenvalue weighted by Crippen LogP contribution is -2.73. The molecule has 3 aliphatic rings. The number of nitrogens with zero attached hydrogens (tertiary/aromatic N) is 4. The summed E-state index contributed by atoms with van der Waals surface area (Å²) in [4.78, 5) is 29.9. The minimum absolute atomic E-state index is 0.0455. The van der Waals surface area contributed by atoms with Crippen molar-refractivity contribution in [3.8, 4) is 5.88 Å². The van der Waals surface area contributed by atoms with Gasteiger partial charge in [-0.1, -0.05) is 39.3 Å². The van der Waals surface area contributed by atoms with Crippen molar-refractivity contribution in [3.05, 3.63) is 58.1 Å². The van der Waals surface area contributed by atoms with Crippen LogP contribution in [0.1, 0.15) is 31.9 Å². The largest absolute Gasteiger partial charge is 0.494 e. The molecule has 10 heteroatoms. The Labute approximate surface area is 229 Å². The van der Waals surface area contributed by atoms with E-state index in [1.54, 1.807) is 4.90 Å². The summed E-state index contributed by atoms with van der Waals surface area (Å²) >= 11 is 3.52. The van der Waals surface area contributed by atoms with E-state index in [0.717, 1.165) is 59.4 Å². The van der Waals surface area contributed by atoms with Crippen LogP contribution in [-0.4, -0.2) is 82.3 Å². The SMILES string of the molecule is CC(C)(C)OC(=O)N1CC2(CN(CCO/N=C3/C(c4c(O)[nH]c5ccc(Br)cc45)=Nc4ccccc43)C2)C1. The van der Waals surface area contributed by atoms with Crippen molar-refractivity contribution in [2.75, 3.05) is 39.3 Å². The quantitative estimate of drug-likeness (QED) is 0.325. The summed E-state index contributed by atoms with van der Waals surface area (Å²) in [7, 11) is 0. The van der Waals surface area contributed by atoms with Gasteiger partial charge in [-0.2, -0.15) is 0 Å². The fourth-order valence-corrected chi connectivity index (χ4v) is 5.85. The molecule has 0 unspecified atom stereocenters. The number of benzene rings is 2. The van der Waals surface area contributed by atoms with Gasteiger partial charge < -0.3 is 24.6 Å². The number of aliphatic imine (C=N–C) groups is 1. The number of nitrogens with one attached hydrogen (secondary N) is 1. The van der Waals surface area contributed by atoms with Crippen molar-refractivity contribution in [1.29, 1.82) is 0 Å². The van der Waals surface area contributed by atoms with Crippen molar-refractivity contribution in [2.45, 2.75) is 26.4 Å². The Hall–Kier alpha value is -3.37. The van der Waals surface area contributed by atoms with Gasteiger partial charge in [-0.15, -0.1) is 0 Å². The molecule has 0 saturated carbocycles. The molecule has 2 N–H and O–H groups in total. The number of oxime groups is 1. The summed E-state index contributed by atoms with van der Waals surface area (Å²) in [6, 6.07) is 13.5. The second kappa shape index (κ2) is 9.13. The third-order valence-corrected chi connectivity index (χ3v) is 7.56. The number of hydrogen-bond acceptors (Lipinski definition) is 7. The Morgan fingerprint density at radius 3 is 2.71 bits per heavy atom. The first-order valence-electron chi connectivity index (χ1n) is 12.7. The number of halogens is 1. The van der Waals surface area contributed by atoms with Crippen LogP contribution in [0.15, 0.2) is 57.1 Å². The number of fused-ring (bicyclic) bond motifs is 2. The Morgan fingerprint density at radius 1 is 1.18 bits per heavy atom. The highest BCUT2D eigenvalue weighted by Gasteiger charge is 2.53. The summed E-state index contributed by atoms with van der Waals surface area (Å²) in [6.45, 7) is 10.2. The summed E-state index contributed by atoms with van der Waals surface area (Å²) in [5.41, 5.74) is 3.95. The second-order valence-electron chi connectivity index (χ2n) is 11.3. The van der Waals surface area contributed by atoms with E-state index >= 15 is 0 Å². The molecule has 0 aliphatic carbocycles. The fraction of sp³-hybridized carbons (Fsp3) is 0.393. The van der Waals surface area contributed by atoms with Gasteiger partial charge in [0.1, 0.15) is 23.6 Å². The standard InChI is InChI=1S/C28H30BrN5O4/c1-27(2,3)38-26(36)34-15-28(16-34)13-33(14-28)10-11-37-32-23-18-6-4-5-7-20(18)30-24(23)22-19-12-17(29)8-9-21(19)31-25(22)35/h4-9,12,31,35H,10-11,13-16H2,1-3H3/b32-23+. The molecule has 9 nitrogen and oxygen atoms in total. The molecular formula is C28H30BrN5O4. The van der Waals surface area contributed by atoms with Crippen molar-refractivity contribution in [2.24, 2.45) is 15.6 Å². The van der Waals surface area contributed by atoms with Gasteiger partial charge >= 0.3 is 6.09 Å². The van der Waals surface area contributed by atoms with Crippen LogP contribution in [0, 0.1) is 5.41 Å². The zero-order valence-electron chi connectivity index (χ0n) is 21.6. The summed E-state index contributed by atoms with van der Waals surface area (Å²) < 4.78 is 6.37. The van der Waals surface area contributed by atoms with Gasteiger partial charge in [-0.05, 0) is 45.0 Å². The van der Waals surface area contributed by atoms with Crippen LogP contribution in [0.4, 0.5) is 10.5 Å².